The first-order chi connectivity index (χ1) is 7.56. The summed E-state index contributed by atoms with van der Waals surface area (Å²) in [5.41, 5.74) is 5.71. The molecule has 3 N–H and O–H groups in total. The van der Waals surface area contributed by atoms with E-state index in [9.17, 15) is 4.79 Å². The number of rotatable bonds is 5. The van der Waals surface area contributed by atoms with E-state index >= 15 is 0 Å². The van der Waals surface area contributed by atoms with Crippen LogP contribution in [0.1, 0.15) is 38.6 Å². The predicted octanol–water partition coefficient (Wildman–Crippen LogP) is 0.120. The third-order valence-electron chi connectivity index (χ3n) is 2.43. The molecule has 0 aliphatic heterocycles. The van der Waals surface area contributed by atoms with Gasteiger partial charge in [0.05, 0.1) is 12.1 Å². The topological polar surface area (TPSA) is 85.8 Å². The van der Waals surface area contributed by atoms with Crippen LogP contribution in [0.25, 0.3) is 0 Å². The van der Waals surface area contributed by atoms with E-state index in [1.54, 1.807) is 10.9 Å². The van der Waals surface area contributed by atoms with Gasteiger partial charge in [-0.05, 0) is 13.3 Å². The molecule has 0 radical (unpaired) electrons. The van der Waals surface area contributed by atoms with Crippen molar-refractivity contribution in [2.45, 2.75) is 38.8 Å². The van der Waals surface area contributed by atoms with Gasteiger partial charge in [0.25, 0.3) is 0 Å². The smallest absolute Gasteiger partial charge is 0.237 e. The molecule has 0 spiro atoms. The largest absolute Gasteiger partial charge is 0.345 e. The van der Waals surface area contributed by atoms with E-state index in [4.69, 9.17) is 5.73 Å². The fraction of sp³-hybridized carbons (Fsp3) is 0.700. The lowest BCUT2D eigenvalue weighted by molar-refractivity contribution is -0.123. The Morgan fingerprint density at radius 2 is 2.38 bits per heavy atom. The van der Waals surface area contributed by atoms with E-state index in [-0.39, 0.29) is 11.9 Å². The summed E-state index contributed by atoms with van der Waals surface area (Å²) in [7, 11) is 1.84. The summed E-state index contributed by atoms with van der Waals surface area (Å²) in [6.45, 7) is 3.86. The van der Waals surface area contributed by atoms with Crippen molar-refractivity contribution in [2.75, 3.05) is 0 Å². The summed E-state index contributed by atoms with van der Waals surface area (Å²) in [5.74, 6) is 0.578. The maximum Gasteiger partial charge on any atom is 0.237 e. The Morgan fingerprint density at radius 3 is 2.88 bits per heavy atom. The lowest BCUT2D eigenvalue weighted by atomic mass is 10.1. The Balaban J connectivity index is 2.55. The SMILES string of the molecule is CCCC(N)C(=O)NC(C)c1nncn1C. The summed E-state index contributed by atoms with van der Waals surface area (Å²) in [5, 5.41) is 10.5. The molecule has 0 bridgehead atoms. The second kappa shape index (κ2) is 5.60. The Hall–Kier alpha value is -1.43. The zero-order chi connectivity index (χ0) is 12.1. The lowest BCUT2D eigenvalue weighted by Crippen LogP contribution is -2.41. The zero-order valence-electron chi connectivity index (χ0n) is 9.97. The molecule has 90 valence electrons. The quantitative estimate of drug-likeness (QED) is 0.745. The van der Waals surface area contributed by atoms with Crippen molar-refractivity contribution in [3.05, 3.63) is 12.2 Å². The zero-order valence-corrected chi connectivity index (χ0v) is 9.97. The first-order valence-corrected chi connectivity index (χ1v) is 5.46. The summed E-state index contributed by atoms with van der Waals surface area (Å²) in [4.78, 5) is 11.7. The first-order valence-electron chi connectivity index (χ1n) is 5.46. The van der Waals surface area contributed by atoms with Crippen molar-refractivity contribution in [3.63, 3.8) is 0 Å². The van der Waals surface area contributed by atoms with Gasteiger partial charge in [-0.1, -0.05) is 13.3 Å². The van der Waals surface area contributed by atoms with Gasteiger partial charge in [-0.25, -0.2) is 0 Å². The molecule has 2 atom stereocenters. The Morgan fingerprint density at radius 1 is 1.69 bits per heavy atom. The highest BCUT2D eigenvalue weighted by molar-refractivity contribution is 5.81. The summed E-state index contributed by atoms with van der Waals surface area (Å²) >= 11 is 0. The van der Waals surface area contributed by atoms with E-state index in [1.807, 2.05) is 20.9 Å². The second-order valence-corrected chi connectivity index (χ2v) is 3.93. The van der Waals surface area contributed by atoms with Crippen LogP contribution in [0, 0.1) is 0 Å². The molecule has 1 aromatic heterocycles. The number of hydrogen-bond acceptors (Lipinski definition) is 4. The Labute approximate surface area is 95.2 Å². The van der Waals surface area contributed by atoms with Crippen LogP contribution >= 0.6 is 0 Å². The molecule has 1 aromatic rings. The van der Waals surface area contributed by atoms with Crippen molar-refractivity contribution in [2.24, 2.45) is 12.8 Å². The maximum atomic E-state index is 11.7. The molecule has 0 aliphatic rings. The minimum Gasteiger partial charge on any atom is -0.345 e. The van der Waals surface area contributed by atoms with Crippen LogP contribution in [-0.4, -0.2) is 26.7 Å². The van der Waals surface area contributed by atoms with Gasteiger partial charge in [-0.2, -0.15) is 0 Å². The van der Waals surface area contributed by atoms with Gasteiger partial charge >= 0.3 is 0 Å². The predicted molar refractivity (Wildman–Crippen MR) is 60.4 cm³/mol. The number of carbonyl (C=O) groups is 1. The van der Waals surface area contributed by atoms with Crippen LogP contribution in [0.4, 0.5) is 0 Å². The number of amides is 1. The molecular formula is C10H19N5O. The fourth-order valence-electron chi connectivity index (χ4n) is 1.51. The van der Waals surface area contributed by atoms with Gasteiger partial charge in [0.15, 0.2) is 5.82 Å². The van der Waals surface area contributed by atoms with Crippen molar-refractivity contribution in [1.82, 2.24) is 20.1 Å². The molecule has 16 heavy (non-hydrogen) atoms. The maximum absolute atomic E-state index is 11.7. The minimum absolute atomic E-state index is 0.141. The van der Waals surface area contributed by atoms with E-state index in [2.05, 4.69) is 15.5 Å². The van der Waals surface area contributed by atoms with Crippen molar-refractivity contribution >= 4 is 5.91 Å². The molecule has 6 heteroatoms. The Bertz CT molecular complexity index is 349. The number of nitrogens with zero attached hydrogens (tertiary/aromatic N) is 3. The van der Waals surface area contributed by atoms with E-state index < -0.39 is 6.04 Å². The first kappa shape index (κ1) is 12.6. The molecule has 1 rings (SSSR count). The standard InChI is InChI=1S/C10H19N5O/c1-4-5-8(11)10(16)13-7(2)9-14-12-6-15(9)3/h6-8H,4-5,11H2,1-3H3,(H,13,16). The van der Waals surface area contributed by atoms with Crippen LogP contribution < -0.4 is 11.1 Å². The summed E-state index contributed by atoms with van der Waals surface area (Å²) < 4.78 is 1.77. The number of nitrogens with two attached hydrogens (primary N) is 1. The van der Waals surface area contributed by atoms with Crippen molar-refractivity contribution in [3.8, 4) is 0 Å². The second-order valence-electron chi connectivity index (χ2n) is 3.93. The molecule has 0 aliphatic carbocycles. The lowest BCUT2D eigenvalue weighted by Gasteiger charge is -2.16. The van der Waals surface area contributed by atoms with Gasteiger partial charge in [-0.3, -0.25) is 4.79 Å². The number of hydrogen-bond donors (Lipinski definition) is 2. The molecule has 1 amide bonds. The van der Waals surface area contributed by atoms with E-state index in [0.29, 0.717) is 6.42 Å². The third-order valence-corrected chi connectivity index (χ3v) is 2.43. The van der Waals surface area contributed by atoms with E-state index in [1.165, 1.54) is 0 Å². The molecule has 6 nitrogen and oxygen atoms in total. The van der Waals surface area contributed by atoms with Gasteiger partial charge in [0, 0.05) is 7.05 Å². The Kier molecular flexibility index (Phi) is 4.42. The molecule has 0 fully saturated rings. The monoisotopic (exact) mass is 225 g/mol. The van der Waals surface area contributed by atoms with Crippen molar-refractivity contribution in [1.29, 1.82) is 0 Å². The van der Waals surface area contributed by atoms with Crippen LogP contribution in [0.2, 0.25) is 0 Å². The van der Waals surface area contributed by atoms with Gasteiger partial charge in [0.1, 0.15) is 6.33 Å². The average molecular weight is 225 g/mol. The number of carbonyl (C=O) groups excluding carboxylic acids is 1. The van der Waals surface area contributed by atoms with Crippen LogP contribution in [-0.2, 0) is 11.8 Å². The van der Waals surface area contributed by atoms with Gasteiger partial charge in [-0.15, -0.1) is 10.2 Å². The van der Waals surface area contributed by atoms with Gasteiger partial charge < -0.3 is 15.6 Å². The van der Waals surface area contributed by atoms with Gasteiger partial charge in [0.2, 0.25) is 5.91 Å². The van der Waals surface area contributed by atoms with E-state index in [0.717, 1.165) is 12.2 Å². The molecule has 0 saturated heterocycles. The van der Waals surface area contributed by atoms with Crippen LogP contribution in [0.15, 0.2) is 6.33 Å². The minimum atomic E-state index is -0.444. The summed E-state index contributed by atoms with van der Waals surface area (Å²) in [6, 6.07) is -0.622. The highest BCUT2D eigenvalue weighted by Crippen LogP contribution is 2.07. The number of aryl methyl sites for hydroxylation is 1. The summed E-state index contributed by atoms with van der Waals surface area (Å²) in [6.07, 6.45) is 3.19. The van der Waals surface area contributed by atoms with Crippen LogP contribution in [0.3, 0.4) is 0 Å². The van der Waals surface area contributed by atoms with Crippen molar-refractivity contribution < 1.29 is 4.79 Å². The molecule has 0 saturated carbocycles. The third kappa shape index (κ3) is 3.03. The van der Waals surface area contributed by atoms with Crippen LogP contribution in [0.5, 0.6) is 0 Å². The average Bonchev–Trinajstić information content (AvgIpc) is 2.64. The molecular weight excluding hydrogens is 206 g/mol. The highest BCUT2D eigenvalue weighted by Gasteiger charge is 2.18. The molecule has 1 heterocycles. The number of nitrogens with one attached hydrogen (secondary N) is 1. The molecule has 2 unspecified atom stereocenters. The normalized spacial score (nSPS) is 14.5. The fourth-order valence-corrected chi connectivity index (χ4v) is 1.51. The molecule has 0 aromatic carbocycles. The number of aromatic nitrogens is 3. The highest BCUT2D eigenvalue weighted by atomic mass is 16.2.